The summed E-state index contributed by atoms with van der Waals surface area (Å²) < 4.78 is 5.67. The number of hydrogen-bond donors (Lipinski definition) is 1. The van der Waals surface area contributed by atoms with Gasteiger partial charge in [0.1, 0.15) is 5.60 Å². The zero-order valence-corrected chi connectivity index (χ0v) is 14.8. The SMILES string of the molecule is COC1(C(=O)N2CCN(CCC(C)(C)C)CC2)CCNCC1. The number of methoxy groups -OCH3 is 1. The number of nitrogens with one attached hydrogen (secondary N) is 1. The molecule has 2 aliphatic heterocycles. The Morgan fingerprint density at radius 2 is 1.73 bits per heavy atom. The second-order valence-corrected chi connectivity index (χ2v) is 7.89. The highest BCUT2D eigenvalue weighted by molar-refractivity contribution is 5.85. The van der Waals surface area contributed by atoms with E-state index in [1.807, 2.05) is 4.90 Å². The topological polar surface area (TPSA) is 44.8 Å². The van der Waals surface area contributed by atoms with Gasteiger partial charge in [0.05, 0.1) is 0 Å². The van der Waals surface area contributed by atoms with E-state index in [9.17, 15) is 4.79 Å². The lowest BCUT2D eigenvalue weighted by Gasteiger charge is -2.42. The maximum absolute atomic E-state index is 12.9. The second kappa shape index (κ2) is 7.28. The van der Waals surface area contributed by atoms with Crippen LogP contribution in [0.2, 0.25) is 0 Å². The molecule has 2 saturated heterocycles. The predicted molar refractivity (Wildman–Crippen MR) is 88.9 cm³/mol. The maximum atomic E-state index is 12.9. The molecule has 0 unspecified atom stereocenters. The van der Waals surface area contributed by atoms with Crippen LogP contribution in [0, 0.1) is 5.41 Å². The highest BCUT2D eigenvalue weighted by atomic mass is 16.5. The van der Waals surface area contributed by atoms with Gasteiger partial charge in [0, 0.05) is 33.3 Å². The molecule has 0 radical (unpaired) electrons. The van der Waals surface area contributed by atoms with Crippen molar-refractivity contribution in [1.82, 2.24) is 15.1 Å². The van der Waals surface area contributed by atoms with Crippen molar-refractivity contribution in [2.24, 2.45) is 5.41 Å². The summed E-state index contributed by atoms with van der Waals surface area (Å²) in [7, 11) is 1.68. The van der Waals surface area contributed by atoms with Crippen LogP contribution in [0.3, 0.4) is 0 Å². The average Bonchev–Trinajstić information content (AvgIpc) is 2.52. The quantitative estimate of drug-likeness (QED) is 0.851. The van der Waals surface area contributed by atoms with E-state index in [1.54, 1.807) is 7.11 Å². The molecule has 2 rings (SSSR count). The van der Waals surface area contributed by atoms with Crippen LogP contribution in [0.1, 0.15) is 40.0 Å². The molecule has 2 fully saturated rings. The Bertz CT molecular complexity index is 365. The molecule has 0 saturated carbocycles. The molecule has 0 spiro atoms. The third-order valence-corrected chi connectivity index (χ3v) is 5.03. The van der Waals surface area contributed by atoms with Crippen molar-refractivity contribution in [1.29, 1.82) is 0 Å². The van der Waals surface area contributed by atoms with E-state index >= 15 is 0 Å². The van der Waals surface area contributed by atoms with Crippen molar-refractivity contribution in [3.63, 3.8) is 0 Å². The highest BCUT2D eigenvalue weighted by Gasteiger charge is 2.42. The average molecular weight is 311 g/mol. The molecule has 128 valence electrons. The lowest BCUT2D eigenvalue weighted by atomic mass is 9.90. The van der Waals surface area contributed by atoms with Crippen LogP contribution in [0.5, 0.6) is 0 Å². The van der Waals surface area contributed by atoms with E-state index < -0.39 is 5.60 Å². The minimum atomic E-state index is -0.584. The number of nitrogens with zero attached hydrogens (tertiary/aromatic N) is 2. The molecule has 0 bridgehead atoms. The first kappa shape index (κ1) is 17.7. The first-order valence-electron chi connectivity index (χ1n) is 8.64. The maximum Gasteiger partial charge on any atom is 0.254 e. The number of piperazine rings is 1. The van der Waals surface area contributed by atoms with Crippen LogP contribution in [0.15, 0.2) is 0 Å². The summed E-state index contributed by atoms with van der Waals surface area (Å²) in [4.78, 5) is 17.4. The predicted octanol–water partition coefficient (Wildman–Crippen LogP) is 1.34. The lowest BCUT2D eigenvalue weighted by molar-refractivity contribution is -0.160. The fourth-order valence-corrected chi connectivity index (χ4v) is 3.29. The van der Waals surface area contributed by atoms with E-state index in [1.165, 1.54) is 6.42 Å². The number of amides is 1. The van der Waals surface area contributed by atoms with E-state index in [0.717, 1.165) is 58.7 Å². The molecule has 0 atom stereocenters. The van der Waals surface area contributed by atoms with Gasteiger partial charge < -0.3 is 15.0 Å². The minimum Gasteiger partial charge on any atom is -0.368 e. The van der Waals surface area contributed by atoms with Crippen LogP contribution < -0.4 is 5.32 Å². The Morgan fingerprint density at radius 3 is 2.23 bits per heavy atom. The van der Waals surface area contributed by atoms with Gasteiger partial charge >= 0.3 is 0 Å². The molecule has 22 heavy (non-hydrogen) atoms. The summed E-state index contributed by atoms with van der Waals surface area (Å²) in [6, 6.07) is 0. The monoisotopic (exact) mass is 311 g/mol. The molecule has 5 heteroatoms. The second-order valence-electron chi connectivity index (χ2n) is 7.89. The first-order chi connectivity index (χ1) is 10.4. The molecule has 1 amide bonds. The Kier molecular flexibility index (Phi) is 5.86. The normalized spacial score (nSPS) is 23.5. The molecule has 5 nitrogen and oxygen atoms in total. The largest absolute Gasteiger partial charge is 0.368 e. The molecule has 0 aromatic heterocycles. The Hall–Kier alpha value is -0.650. The molecule has 0 aliphatic carbocycles. The molecule has 0 aromatic carbocycles. The number of rotatable bonds is 4. The summed E-state index contributed by atoms with van der Waals surface area (Å²) in [5, 5.41) is 3.31. The van der Waals surface area contributed by atoms with E-state index in [-0.39, 0.29) is 5.91 Å². The summed E-state index contributed by atoms with van der Waals surface area (Å²) in [5.74, 6) is 0.201. The molecule has 1 N–H and O–H groups in total. The number of carbonyl (C=O) groups excluding carboxylic acids is 1. The summed E-state index contributed by atoms with van der Waals surface area (Å²) in [6.45, 7) is 13.4. The zero-order valence-electron chi connectivity index (χ0n) is 14.8. The van der Waals surface area contributed by atoms with Gasteiger partial charge in [-0.15, -0.1) is 0 Å². The molecule has 0 aromatic rings. The van der Waals surface area contributed by atoms with Crippen molar-refractivity contribution in [3.8, 4) is 0 Å². The Balaban J connectivity index is 1.84. The van der Waals surface area contributed by atoms with Gasteiger partial charge in [-0.1, -0.05) is 20.8 Å². The smallest absolute Gasteiger partial charge is 0.254 e. The minimum absolute atomic E-state index is 0.201. The third-order valence-electron chi connectivity index (χ3n) is 5.03. The Labute approximate surface area is 135 Å². The van der Waals surface area contributed by atoms with Gasteiger partial charge in [-0.25, -0.2) is 0 Å². The fourth-order valence-electron chi connectivity index (χ4n) is 3.29. The summed E-state index contributed by atoms with van der Waals surface area (Å²) in [6.07, 6.45) is 2.77. The van der Waals surface area contributed by atoms with Crippen LogP contribution in [-0.4, -0.2) is 74.2 Å². The molecular weight excluding hydrogens is 278 g/mol. The van der Waals surface area contributed by atoms with Crippen LogP contribution in [0.25, 0.3) is 0 Å². The van der Waals surface area contributed by atoms with E-state index in [4.69, 9.17) is 4.74 Å². The number of piperidine rings is 1. The van der Waals surface area contributed by atoms with Crippen LogP contribution >= 0.6 is 0 Å². The zero-order chi connectivity index (χ0) is 16.2. The lowest BCUT2D eigenvalue weighted by Crippen LogP contribution is -2.59. The van der Waals surface area contributed by atoms with Gasteiger partial charge in [0.2, 0.25) is 0 Å². The summed E-state index contributed by atoms with van der Waals surface area (Å²) >= 11 is 0. The van der Waals surface area contributed by atoms with Crippen molar-refractivity contribution < 1.29 is 9.53 Å². The summed E-state index contributed by atoms with van der Waals surface area (Å²) in [5.41, 5.74) is -0.207. The van der Waals surface area contributed by atoms with Crippen molar-refractivity contribution in [2.75, 3.05) is 52.9 Å². The number of carbonyl (C=O) groups is 1. The third kappa shape index (κ3) is 4.43. The van der Waals surface area contributed by atoms with Crippen molar-refractivity contribution in [2.45, 2.75) is 45.6 Å². The molecule has 2 aliphatic rings. The number of hydrogen-bond acceptors (Lipinski definition) is 4. The fraction of sp³-hybridized carbons (Fsp3) is 0.941. The highest BCUT2D eigenvalue weighted by Crippen LogP contribution is 2.26. The van der Waals surface area contributed by atoms with Gasteiger partial charge in [-0.05, 0) is 44.3 Å². The van der Waals surface area contributed by atoms with Crippen molar-refractivity contribution >= 4 is 5.91 Å². The van der Waals surface area contributed by atoms with Crippen LogP contribution in [-0.2, 0) is 9.53 Å². The van der Waals surface area contributed by atoms with Crippen LogP contribution in [0.4, 0.5) is 0 Å². The van der Waals surface area contributed by atoms with Gasteiger partial charge in [-0.3, -0.25) is 9.69 Å². The van der Waals surface area contributed by atoms with Gasteiger partial charge in [0.15, 0.2) is 0 Å². The number of ether oxygens (including phenoxy) is 1. The molecule has 2 heterocycles. The van der Waals surface area contributed by atoms with Gasteiger partial charge in [-0.2, -0.15) is 0 Å². The van der Waals surface area contributed by atoms with E-state index in [0.29, 0.717) is 5.41 Å². The van der Waals surface area contributed by atoms with Gasteiger partial charge in [0.25, 0.3) is 5.91 Å². The molecular formula is C17H33N3O2. The first-order valence-corrected chi connectivity index (χ1v) is 8.64. The Morgan fingerprint density at radius 1 is 1.14 bits per heavy atom. The van der Waals surface area contributed by atoms with Crippen molar-refractivity contribution in [3.05, 3.63) is 0 Å². The van der Waals surface area contributed by atoms with E-state index in [2.05, 4.69) is 31.0 Å². The standard InChI is InChI=1S/C17H33N3O2/c1-16(2,3)7-10-19-11-13-20(14-12-19)15(21)17(22-4)5-8-18-9-6-17/h18H,5-14H2,1-4H3.